The zero-order valence-electron chi connectivity index (χ0n) is 13.5. The normalized spacial score (nSPS) is 11.0. The third kappa shape index (κ3) is 4.79. The molecule has 0 aliphatic carbocycles. The summed E-state index contributed by atoms with van der Waals surface area (Å²) in [5.74, 6) is 0.826. The molecular weight excluding hydrogens is 315 g/mol. The van der Waals surface area contributed by atoms with Crippen LogP contribution in [-0.2, 0) is 17.8 Å². The average Bonchev–Trinajstić information content (AvgIpc) is 2.89. The van der Waals surface area contributed by atoms with Gasteiger partial charge in [0.05, 0.1) is 11.4 Å². The maximum absolute atomic E-state index is 13.5. The van der Waals surface area contributed by atoms with Crippen molar-refractivity contribution in [3.63, 3.8) is 0 Å². The van der Waals surface area contributed by atoms with Crippen LogP contribution in [0.1, 0.15) is 26.6 Å². The fourth-order valence-corrected chi connectivity index (χ4v) is 2.88. The number of thioether (sulfide) groups is 1. The molecule has 0 saturated heterocycles. The summed E-state index contributed by atoms with van der Waals surface area (Å²) >= 11 is 1.31. The van der Waals surface area contributed by atoms with Gasteiger partial charge in [0.1, 0.15) is 11.6 Å². The van der Waals surface area contributed by atoms with E-state index < -0.39 is 5.82 Å². The molecule has 124 valence electrons. The smallest absolute Gasteiger partial charge is 0.234 e. The molecule has 1 aromatic carbocycles. The van der Waals surface area contributed by atoms with E-state index in [-0.39, 0.29) is 17.3 Å². The standard InChI is InChI=1S/C16H21FN4OS/c1-4-14-19-20-16(21(14)9-11(2)3)23-10-15(22)18-13-8-6-5-7-12(13)17/h5-8,11H,4,9-10H2,1-3H3,(H,18,22). The maximum atomic E-state index is 13.5. The van der Waals surface area contributed by atoms with Crippen molar-refractivity contribution in [3.05, 3.63) is 35.9 Å². The topological polar surface area (TPSA) is 59.8 Å². The number of carbonyl (C=O) groups excluding carboxylic acids is 1. The summed E-state index contributed by atoms with van der Waals surface area (Å²) < 4.78 is 15.6. The molecule has 0 aliphatic rings. The van der Waals surface area contributed by atoms with Crippen LogP contribution in [0.2, 0.25) is 0 Å². The first kappa shape index (κ1) is 17.5. The summed E-state index contributed by atoms with van der Waals surface area (Å²) in [4.78, 5) is 12.0. The van der Waals surface area contributed by atoms with E-state index in [1.165, 1.54) is 23.9 Å². The molecule has 5 nitrogen and oxygen atoms in total. The van der Waals surface area contributed by atoms with E-state index in [1.807, 2.05) is 11.5 Å². The molecule has 0 spiro atoms. The Morgan fingerprint density at radius 1 is 1.35 bits per heavy atom. The second-order valence-electron chi connectivity index (χ2n) is 5.57. The molecule has 1 amide bonds. The van der Waals surface area contributed by atoms with Gasteiger partial charge in [-0.05, 0) is 18.1 Å². The van der Waals surface area contributed by atoms with Gasteiger partial charge in [-0.3, -0.25) is 4.79 Å². The fourth-order valence-electron chi connectivity index (χ4n) is 2.11. The van der Waals surface area contributed by atoms with Crippen molar-refractivity contribution in [2.45, 2.75) is 38.9 Å². The highest BCUT2D eigenvalue weighted by Crippen LogP contribution is 2.20. The van der Waals surface area contributed by atoms with Crippen LogP contribution in [-0.4, -0.2) is 26.4 Å². The van der Waals surface area contributed by atoms with Crippen LogP contribution < -0.4 is 5.32 Å². The van der Waals surface area contributed by atoms with Gasteiger partial charge >= 0.3 is 0 Å². The second-order valence-corrected chi connectivity index (χ2v) is 6.52. The van der Waals surface area contributed by atoms with E-state index in [0.717, 1.165) is 23.9 Å². The van der Waals surface area contributed by atoms with Crippen LogP contribution in [0.5, 0.6) is 0 Å². The van der Waals surface area contributed by atoms with E-state index >= 15 is 0 Å². The van der Waals surface area contributed by atoms with Crippen molar-refractivity contribution in [3.8, 4) is 0 Å². The number of nitrogens with zero attached hydrogens (tertiary/aromatic N) is 3. The monoisotopic (exact) mass is 336 g/mol. The molecule has 1 heterocycles. The molecule has 2 aromatic rings. The van der Waals surface area contributed by atoms with Gasteiger partial charge in [-0.2, -0.15) is 0 Å². The van der Waals surface area contributed by atoms with E-state index in [1.54, 1.807) is 12.1 Å². The Balaban J connectivity index is 1.99. The highest BCUT2D eigenvalue weighted by Gasteiger charge is 2.14. The lowest BCUT2D eigenvalue weighted by molar-refractivity contribution is -0.113. The van der Waals surface area contributed by atoms with Crippen LogP contribution in [0.15, 0.2) is 29.4 Å². The summed E-state index contributed by atoms with van der Waals surface area (Å²) in [6.45, 7) is 7.09. The molecule has 1 N–H and O–H groups in total. The van der Waals surface area contributed by atoms with E-state index in [0.29, 0.717) is 5.92 Å². The molecule has 0 radical (unpaired) electrons. The summed E-state index contributed by atoms with van der Waals surface area (Å²) in [6, 6.07) is 6.11. The Morgan fingerprint density at radius 2 is 2.09 bits per heavy atom. The highest BCUT2D eigenvalue weighted by atomic mass is 32.2. The van der Waals surface area contributed by atoms with Gasteiger partial charge in [0.15, 0.2) is 5.16 Å². The highest BCUT2D eigenvalue weighted by molar-refractivity contribution is 7.99. The maximum Gasteiger partial charge on any atom is 0.234 e. The first-order chi connectivity index (χ1) is 11.0. The van der Waals surface area contributed by atoms with E-state index in [9.17, 15) is 9.18 Å². The minimum absolute atomic E-state index is 0.161. The van der Waals surface area contributed by atoms with Crippen LogP contribution >= 0.6 is 11.8 Å². The molecule has 1 aromatic heterocycles. The zero-order chi connectivity index (χ0) is 16.8. The van der Waals surface area contributed by atoms with Crippen molar-refractivity contribution < 1.29 is 9.18 Å². The lowest BCUT2D eigenvalue weighted by Crippen LogP contribution is -2.16. The Kier molecular flexibility index (Phi) is 6.15. The first-order valence-corrected chi connectivity index (χ1v) is 8.59. The number of aromatic nitrogens is 3. The van der Waals surface area contributed by atoms with Crippen molar-refractivity contribution in [1.29, 1.82) is 0 Å². The predicted octanol–water partition coefficient (Wildman–Crippen LogP) is 3.37. The van der Waals surface area contributed by atoms with Crippen LogP contribution in [0.4, 0.5) is 10.1 Å². The second kappa shape index (κ2) is 8.10. The number of amides is 1. The molecule has 7 heteroatoms. The van der Waals surface area contributed by atoms with Crippen molar-refractivity contribution in [1.82, 2.24) is 14.8 Å². The average molecular weight is 336 g/mol. The minimum Gasteiger partial charge on any atom is -0.323 e. The largest absolute Gasteiger partial charge is 0.323 e. The summed E-state index contributed by atoms with van der Waals surface area (Å²) in [6.07, 6.45) is 0.793. The molecule has 0 bridgehead atoms. The Bertz CT molecular complexity index is 672. The Labute approximate surface area is 139 Å². The number of hydrogen-bond acceptors (Lipinski definition) is 4. The number of para-hydroxylation sites is 1. The van der Waals surface area contributed by atoms with Crippen LogP contribution in [0.25, 0.3) is 0 Å². The van der Waals surface area contributed by atoms with Gasteiger partial charge < -0.3 is 9.88 Å². The molecule has 2 rings (SSSR count). The number of benzene rings is 1. The molecular formula is C16H21FN4OS. The van der Waals surface area contributed by atoms with Crippen molar-refractivity contribution in [2.24, 2.45) is 5.92 Å². The molecule has 0 atom stereocenters. The van der Waals surface area contributed by atoms with Gasteiger partial charge in [-0.25, -0.2) is 4.39 Å². The number of aryl methyl sites for hydroxylation is 1. The van der Waals surface area contributed by atoms with Crippen LogP contribution in [0.3, 0.4) is 0 Å². The third-order valence-electron chi connectivity index (χ3n) is 3.14. The first-order valence-electron chi connectivity index (χ1n) is 7.60. The summed E-state index contributed by atoms with van der Waals surface area (Å²) in [5, 5.41) is 11.6. The van der Waals surface area contributed by atoms with E-state index in [4.69, 9.17) is 0 Å². The zero-order valence-corrected chi connectivity index (χ0v) is 14.4. The van der Waals surface area contributed by atoms with E-state index in [2.05, 4.69) is 29.4 Å². The lowest BCUT2D eigenvalue weighted by atomic mass is 10.2. The van der Waals surface area contributed by atoms with Gasteiger partial charge in [-0.1, -0.05) is 44.7 Å². The lowest BCUT2D eigenvalue weighted by Gasteiger charge is -2.11. The molecule has 0 aliphatic heterocycles. The van der Waals surface area contributed by atoms with Crippen molar-refractivity contribution in [2.75, 3.05) is 11.1 Å². The van der Waals surface area contributed by atoms with Gasteiger partial charge in [0.25, 0.3) is 0 Å². The third-order valence-corrected chi connectivity index (χ3v) is 4.10. The number of halogens is 1. The van der Waals surface area contributed by atoms with Crippen molar-refractivity contribution >= 4 is 23.4 Å². The Morgan fingerprint density at radius 3 is 2.74 bits per heavy atom. The fraction of sp³-hybridized carbons (Fsp3) is 0.438. The van der Waals surface area contributed by atoms with Gasteiger partial charge in [0.2, 0.25) is 5.91 Å². The molecule has 0 fully saturated rings. The van der Waals surface area contributed by atoms with Gasteiger partial charge in [-0.15, -0.1) is 10.2 Å². The molecule has 23 heavy (non-hydrogen) atoms. The summed E-state index contributed by atoms with van der Waals surface area (Å²) in [5.41, 5.74) is 0.191. The number of hydrogen-bond donors (Lipinski definition) is 1. The molecule has 0 saturated carbocycles. The number of anilines is 1. The quantitative estimate of drug-likeness (QED) is 0.788. The minimum atomic E-state index is -0.443. The van der Waals surface area contributed by atoms with Gasteiger partial charge in [0, 0.05) is 13.0 Å². The molecule has 0 unspecified atom stereocenters. The number of carbonyl (C=O) groups is 1. The predicted molar refractivity (Wildman–Crippen MR) is 90.0 cm³/mol. The number of rotatable bonds is 7. The number of nitrogens with one attached hydrogen (secondary N) is 1. The van der Waals surface area contributed by atoms with Crippen LogP contribution in [0, 0.1) is 11.7 Å². The SMILES string of the molecule is CCc1nnc(SCC(=O)Nc2ccccc2F)n1CC(C)C. The Hall–Kier alpha value is -1.89. The summed E-state index contributed by atoms with van der Waals surface area (Å²) in [7, 11) is 0.